The maximum Gasteiger partial charge on any atom is 0.0378 e. The molecule has 1 aliphatic rings. The molecule has 86 valence electrons. The third-order valence-electron chi connectivity index (χ3n) is 3.43. The first kappa shape index (κ1) is 10.4. The number of nitrogens with one attached hydrogen (secondary N) is 1. The number of hydrogen-bond donors (Lipinski definition) is 1. The molecular weight excluding hydrogens is 206 g/mol. The van der Waals surface area contributed by atoms with Crippen LogP contribution in [-0.2, 0) is 6.42 Å². The highest BCUT2D eigenvalue weighted by Gasteiger charge is 2.09. The van der Waals surface area contributed by atoms with Crippen LogP contribution in [0.4, 0.5) is 5.69 Å². The second kappa shape index (κ2) is 4.25. The van der Waals surface area contributed by atoms with E-state index in [-0.39, 0.29) is 0 Å². The summed E-state index contributed by atoms with van der Waals surface area (Å²) < 4.78 is 0. The zero-order valence-electron chi connectivity index (χ0n) is 10.2. The number of benzene rings is 2. The van der Waals surface area contributed by atoms with Gasteiger partial charge in [0.1, 0.15) is 0 Å². The van der Waals surface area contributed by atoms with Crippen molar-refractivity contribution in [3.05, 3.63) is 53.6 Å². The summed E-state index contributed by atoms with van der Waals surface area (Å²) in [5.41, 5.74) is 6.68. The summed E-state index contributed by atoms with van der Waals surface area (Å²) >= 11 is 0. The van der Waals surface area contributed by atoms with Gasteiger partial charge in [0, 0.05) is 12.2 Å². The SMILES string of the molecule is Cc1ccc(-c2ccc3c(c2)NCCC3)cc1. The summed E-state index contributed by atoms with van der Waals surface area (Å²) in [5.74, 6) is 0. The number of aryl methyl sites for hydroxylation is 2. The van der Waals surface area contributed by atoms with Gasteiger partial charge in [-0.3, -0.25) is 0 Å². The molecule has 1 N–H and O–H groups in total. The minimum atomic E-state index is 1.10. The molecule has 0 bridgehead atoms. The average molecular weight is 223 g/mol. The number of fused-ring (bicyclic) bond motifs is 1. The lowest BCUT2D eigenvalue weighted by Gasteiger charge is -2.18. The Morgan fingerprint density at radius 2 is 1.71 bits per heavy atom. The second-order valence-corrected chi connectivity index (χ2v) is 4.77. The molecule has 0 aromatic heterocycles. The lowest BCUT2D eigenvalue weighted by atomic mass is 9.97. The fourth-order valence-electron chi connectivity index (χ4n) is 2.39. The van der Waals surface area contributed by atoms with Crippen molar-refractivity contribution in [2.24, 2.45) is 0 Å². The lowest BCUT2D eigenvalue weighted by Crippen LogP contribution is -2.11. The van der Waals surface area contributed by atoms with Crippen molar-refractivity contribution < 1.29 is 0 Å². The van der Waals surface area contributed by atoms with Crippen LogP contribution in [0.5, 0.6) is 0 Å². The van der Waals surface area contributed by atoms with Gasteiger partial charge in [-0.15, -0.1) is 0 Å². The first-order valence-corrected chi connectivity index (χ1v) is 6.27. The van der Waals surface area contributed by atoms with Crippen LogP contribution in [0.3, 0.4) is 0 Å². The van der Waals surface area contributed by atoms with E-state index in [1.54, 1.807) is 0 Å². The molecule has 0 atom stereocenters. The van der Waals surface area contributed by atoms with Crippen LogP contribution in [0.1, 0.15) is 17.5 Å². The van der Waals surface area contributed by atoms with E-state index in [1.165, 1.54) is 40.8 Å². The van der Waals surface area contributed by atoms with Crippen molar-refractivity contribution in [3.63, 3.8) is 0 Å². The van der Waals surface area contributed by atoms with E-state index in [0.717, 1.165) is 6.54 Å². The summed E-state index contributed by atoms with van der Waals surface area (Å²) in [5, 5.41) is 3.48. The van der Waals surface area contributed by atoms with Crippen LogP contribution >= 0.6 is 0 Å². The van der Waals surface area contributed by atoms with Gasteiger partial charge in [-0.2, -0.15) is 0 Å². The topological polar surface area (TPSA) is 12.0 Å². The quantitative estimate of drug-likeness (QED) is 0.770. The second-order valence-electron chi connectivity index (χ2n) is 4.77. The summed E-state index contributed by atoms with van der Waals surface area (Å²) in [6, 6.07) is 15.5. The van der Waals surface area contributed by atoms with Gasteiger partial charge in [0.2, 0.25) is 0 Å². The first-order valence-electron chi connectivity index (χ1n) is 6.27. The fourth-order valence-corrected chi connectivity index (χ4v) is 2.39. The molecule has 0 amide bonds. The van der Waals surface area contributed by atoms with Gasteiger partial charge in [0.15, 0.2) is 0 Å². The molecule has 1 aliphatic heterocycles. The Kier molecular flexibility index (Phi) is 2.60. The molecular formula is C16H17N. The van der Waals surface area contributed by atoms with Gasteiger partial charge in [-0.25, -0.2) is 0 Å². The van der Waals surface area contributed by atoms with Crippen molar-refractivity contribution in [2.75, 3.05) is 11.9 Å². The van der Waals surface area contributed by atoms with E-state index in [2.05, 4.69) is 54.7 Å². The zero-order valence-corrected chi connectivity index (χ0v) is 10.2. The molecule has 0 fully saturated rings. The van der Waals surface area contributed by atoms with Gasteiger partial charge in [-0.1, -0.05) is 42.0 Å². The van der Waals surface area contributed by atoms with Crippen LogP contribution in [0.25, 0.3) is 11.1 Å². The predicted octanol–water partition coefficient (Wildman–Crippen LogP) is 4.02. The van der Waals surface area contributed by atoms with Gasteiger partial charge in [0.05, 0.1) is 0 Å². The Morgan fingerprint density at radius 1 is 0.941 bits per heavy atom. The highest BCUT2D eigenvalue weighted by Crippen LogP contribution is 2.28. The van der Waals surface area contributed by atoms with Gasteiger partial charge in [-0.05, 0) is 42.5 Å². The molecule has 1 heterocycles. The maximum atomic E-state index is 3.48. The maximum absolute atomic E-state index is 3.48. The summed E-state index contributed by atoms with van der Waals surface area (Å²) in [7, 11) is 0. The first-order chi connectivity index (χ1) is 8.33. The van der Waals surface area contributed by atoms with Crippen LogP contribution in [-0.4, -0.2) is 6.54 Å². The van der Waals surface area contributed by atoms with Gasteiger partial charge in [0.25, 0.3) is 0 Å². The molecule has 1 nitrogen and oxygen atoms in total. The van der Waals surface area contributed by atoms with Gasteiger partial charge >= 0.3 is 0 Å². The molecule has 0 radical (unpaired) electrons. The Hall–Kier alpha value is -1.76. The molecule has 0 aliphatic carbocycles. The molecule has 17 heavy (non-hydrogen) atoms. The monoisotopic (exact) mass is 223 g/mol. The van der Waals surface area contributed by atoms with Crippen LogP contribution < -0.4 is 5.32 Å². The molecule has 2 aromatic rings. The Morgan fingerprint density at radius 3 is 2.53 bits per heavy atom. The Labute approximate surface area is 102 Å². The minimum Gasteiger partial charge on any atom is -0.385 e. The minimum absolute atomic E-state index is 1.10. The highest BCUT2D eigenvalue weighted by molar-refractivity contribution is 5.70. The van der Waals surface area contributed by atoms with Crippen molar-refractivity contribution in [3.8, 4) is 11.1 Å². The van der Waals surface area contributed by atoms with E-state index in [1.807, 2.05) is 0 Å². The number of hydrogen-bond acceptors (Lipinski definition) is 1. The molecule has 1 heteroatoms. The van der Waals surface area contributed by atoms with E-state index in [9.17, 15) is 0 Å². The lowest BCUT2D eigenvalue weighted by molar-refractivity contribution is 0.830. The van der Waals surface area contributed by atoms with Crippen molar-refractivity contribution in [1.29, 1.82) is 0 Å². The normalized spacial score (nSPS) is 13.9. The Balaban J connectivity index is 2.01. The molecule has 0 spiro atoms. The van der Waals surface area contributed by atoms with E-state index in [0.29, 0.717) is 0 Å². The van der Waals surface area contributed by atoms with Crippen molar-refractivity contribution in [1.82, 2.24) is 0 Å². The third kappa shape index (κ3) is 2.05. The molecule has 0 unspecified atom stereocenters. The number of anilines is 1. The number of rotatable bonds is 1. The van der Waals surface area contributed by atoms with Crippen LogP contribution in [0, 0.1) is 6.92 Å². The molecule has 0 saturated carbocycles. The van der Waals surface area contributed by atoms with Gasteiger partial charge < -0.3 is 5.32 Å². The largest absolute Gasteiger partial charge is 0.385 e. The predicted molar refractivity (Wildman–Crippen MR) is 73.4 cm³/mol. The summed E-state index contributed by atoms with van der Waals surface area (Å²) in [4.78, 5) is 0. The zero-order chi connectivity index (χ0) is 11.7. The Bertz CT molecular complexity index is 526. The van der Waals surface area contributed by atoms with E-state index < -0.39 is 0 Å². The van der Waals surface area contributed by atoms with Crippen LogP contribution in [0.2, 0.25) is 0 Å². The van der Waals surface area contributed by atoms with Crippen LogP contribution in [0.15, 0.2) is 42.5 Å². The van der Waals surface area contributed by atoms with Crippen molar-refractivity contribution in [2.45, 2.75) is 19.8 Å². The summed E-state index contributed by atoms with van der Waals surface area (Å²) in [6.45, 7) is 3.22. The molecule has 3 rings (SSSR count). The third-order valence-corrected chi connectivity index (χ3v) is 3.43. The fraction of sp³-hybridized carbons (Fsp3) is 0.250. The standard InChI is InChI=1S/C16H17N/c1-12-4-6-13(7-5-12)15-9-8-14-3-2-10-17-16(14)11-15/h4-9,11,17H,2-3,10H2,1H3. The molecule has 2 aromatic carbocycles. The average Bonchev–Trinajstić information content (AvgIpc) is 2.39. The molecule has 0 saturated heterocycles. The highest BCUT2D eigenvalue weighted by atomic mass is 14.9. The van der Waals surface area contributed by atoms with Crippen molar-refractivity contribution >= 4 is 5.69 Å². The van der Waals surface area contributed by atoms with E-state index >= 15 is 0 Å². The smallest absolute Gasteiger partial charge is 0.0378 e. The van der Waals surface area contributed by atoms with E-state index in [4.69, 9.17) is 0 Å². The summed E-state index contributed by atoms with van der Waals surface area (Å²) in [6.07, 6.45) is 2.45.